The molecule has 1 aliphatic heterocycles. The van der Waals surface area contributed by atoms with Crippen molar-refractivity contribution >= 4 is 0 Å². The third-order valence-electron chi connectivity index (χ3n) is 5.46. The van der Waals surface area contributed by atoms with Gasteiger partial charge in [-0.15, -0.1) is 0 Å². The monoisotopic (exact) mass is 350 g/mol. The fourth-order valence-electron chi connectivity index (χ4n) is 4.03. The molecule has 1 saturated carbocycles. The second kappa shape index (κ2) is 8.86. The van der Waals surface area contributed by atoms with Crippen LogP contribution in [0.4, 0.5) is 13.2 Å². The van der Waals surface area contributed by atoms with E-state index >= 15 is 0 Å². The highest BCUT2D eigenvalue weighted by Gasteiger charge is 2.44. The van der Waals surface area contributed by atoms with Crippen molar-refractivity contribution in [3.05, 3.63) is 0 Å². The van der Waals surface area contributed by atoms with Gasteiger partial charge in [-0.2, -0.15) is 13.2 Å². The van der Waals surface area contributed by atoms with E-state index in [0.29, 0.717) is 18.8 Å². The van der Waals surface area contributed by atoms with E-state index in [1.54, 1.807) is 7.05 Å². The van der Waals surface area contributed by atoms with Gasteiger partial charge in [0, 0.05) is 19.6 Å². The zero-order chi connectivity index (χ0) is 17.7. The van der Waals surface area contributed by atoms with Crippen LogP contribution in [-0.4, -0.2) is 67.5 Å². The number of nitrogens with zero attached hydrogens (tertiary/aromatic N) is 2. The van der Waals surface area contributed by atoms with Gasteiger partial charge >= 0.3 is 6.18 Å². The number of hydrogen-bond acceptors (Lipinski definition) is 3. The lowest BCUT2D eigenvalue weighted by atomic mass is 9.84. The Morgan fingerprint density at radius 2 is 1.75 bits per heavy atom. The molecule has 0 bridgehead atoms. The minimum absolute atomic E-state index is 0.120. The van der Waals surface area contributed by atoms with Gasteiger partial charge in [-0.1, -0.05) is 0 Å². The van der Waals surface area contributed by atoms with Gasteiger partial charge in [-0.25, -0.2) is 0 Å². The number of piperazine rings is 1. The van der Waals surface area contributed by atoms with Crippen LogP contribution in [0.25, 0.3) is 0 Å². The fourth-order valence-corrected chi connectivity index (χ4v) is 4.03. The maximum Gasteiger partial charge on any atom is 0.405 e. The first kappa shape index (κ1) is 20.0. The van der Waals surface area contributed by atoms with Crippen molar-refractivity contribution in [2.75, 3.05) is 33.2 Å². The molecule has 0 aromatic heterocycles. The normalized spacial score (nSPS) is 30.9. The molecule has 1 saturated heterocycles. The largest absolute Gasteiger partial charge is 0.405 e. The number of ether oxygens (including phenoxy) is 1. The number of alkyl halides is 3. The molecule has 0 aromatic carbocycles. The summed E-state index contributed by atoms with van der Waals surface area (Å²) in [6, 6.07) is -1.31. The molecule has 1 unspecified atom stereocenters. The minimum atomic E-state index is -4.12. The first-order valence-corrected chi connectivity index (χ1v) is 9.40. The van der Waals surface area contributed by atoms with Crippen molar-refractivity contribution in [1.29, 1.82) is 0 Å². The van der Waals surface area contributed by atoms with Gasteiger partial charge in [0.15, 0.2) is 0 Å². The van der Waals surface area contributed by atoms with Crippen molar-refractivity contribution in [1.82, 2.24) is 9.80 Å². The lowest BCUT2D eigenvalue weighted by Crippen LogP contribution is -2.57. The molecule has 142 valence electrons. The van der Waals surface area contributed by atoms with Crippen molar-refractivity contribution in [2.45, 2.75) is 76.8 Å². The SMILES string of the molecule is CC(C)O[C@H]1CC[C@H](CCCN2CCN(C)C(C(F)(F)F)C2)CC1. The van der Waals surface area contributed by atoms with Gasteiger partial charge < -0.3 is 9.64 Å². The van der Waals surface area contributed by atoms with E-state index in [4.69, 9.17) is 4.74 Å². The summed E-state index contributed by atoms with van der Waals surface area (Å²) in [5.41, 5.74) is 0. The van der Waals surface area contributed by atoms with Crippen LogP contribution < -0.4 is 0 Å². The topological polar surface area (TPSA) is 15.7 Å². The average molecular weight is 350 g/mol. The minimum Gasteiger partial charge on any atom is -0.376 e. The van der Waals surface area contributed by atoms with Gasteiger partial charge in [-0.3, -0.25) is 4.90 Å². The van der Waals surface area contributed by atoms with E-state index in [1.165, 1.54) is 17.7 Å². The third-order valence-corrected chi connectivity index (χ3v) is 5.46. The molecule has 24 heavy (non-hydrogen) atoms. The third kappa shape index (κ3) is 6.19. The highest BCUT2D eigenvalue weighted by atomic mass is 19.4. The van der Waals surface area contributed by atoms with Gasteiger partial charge in [-0.05, 0) is 71.9 Å². The smallest absolute Gasteiger partial charge is 0.376 e. The summed E-state index contributed by atoms with van der Waals surface area (Å²) in [5.74, 6) is 0.725. The number of rotatable bonds is 6. The van der Waals surface area contributed by atoms with Crippen molar-refractivity contribution in [3.8, 4) is 0 Å². The summed E-state index contributed by atoms with van der Waals surface area (Å²) in [4.78, 5) is 3.43. The van der Waals surface area contributed by atoms with Crippen LogP contribution in [0.2, 0.25) is 0 Å². The zero-order valence-electron chi connectivity index (χ0n) is 15.3. The van der Waals surface area contributed by atoms with E-state index in [2.05, 4.69) is 13.8 Å². The Balaban J connectivity index is 1.64. The van der Waals surface area contributed by atoms with Crippen LogP contribution in [0.5, 0.6) is 0 Å². The van der Waals surface area contributed by atoms with Crippen LogP contribution in [0.15, 0.2) is 0 Å². The Kier molecular flexibility index (Phi) is 7.38. The second-order valence-corrected chi connectivity index (χ2v) is 7.81. The average Bonchev–Trinajstić information content (AvgIpc) is 2.49. The molecule has 3 nitrogen and oxygen atoms in total. The molecule has 0 radical (unpaired) electrons. The van der Waals surface area contributed by atoms with Crippen LogP contribution in [-0.2, 0) is 4.74 Å². The molecule has 0 amide bonds. The molecule has 6 heteroatoms. The lowest BCUT2D eigenvalue weighted by molar-refractivity contribution is -0.193. The molecule has 0 spiro atoms. The number of hydrogen-bond donors (Lipinski definition) is 0. The molecule has 1 aliphatic carbocycles. The van der Waals surface area contributed by atoms with E-state index in [1.807, 2.05) is 4.90 Å². The molecular formula is C18H33F3N2O. The zero-order valence-corrected chi connectivity index (χ0v) is 15.3. The quantitative estimate of drug-likeness (QED) is 0.722. The molecule has 1 atom stereocenters. The first-order chi connectivity index (χ1) is 11.3. The fraction of sp³-hybridized carbons (Fsp3) is 1.00. The molecule has 2 fully saturated rings. The van der Waals surface area contributed by atoms with Crippen molar-refractivity contribution in [2.24, 2.45) is 5.92 Å². The Bertz CT molecular complexity index is 368. The van der Waals surface area contributed by atoms with Crippen molar-refractivity contribution < 1.29 is 17.9 Å². The van der Waals surface area contributed by atoms with E-state index in [-0.39, 0.29) is 6.54 Å². The summed E-state index contributed by atoms with van der Waals surface area (Å²) in [7, 11) is 1.58. The summed E-state index contributed by atoms with van der Waals surface area (Å²) in [6.07, 6.45) is 3.39. The Labute approximate surface area is 144 Å². The van der Waals surface area contributed by atoms with Crippen molar-refractivity contribution in [3.63, 3.8) is 0 Å². The maximum absolute atomic E-state index is 13.0. The van der Waals surface area contributed by atoms with Crippen LogP contribution in [0, 0.1) is 5.92 Å². The Morgan fingerprint density at radius 3 is 2.33 bits per heavy atom. The molecule has 1 heterocycles. The summed E-state index contributed by atoms with van der Waals surface area (Å²) in [5, 5.41) is 0. The molecule has 0 aromatic rings. The Hall–Kier alpha value is -0.330. The van der Waals surface area contributed by atoms with E-state index in [9.17, 15) is 13.2 Å². The van der Waals surface area contributed by atoms with Crippen LogP contribution in [0.3, 0.4) is 0 Å². The number of likely N-dealkylation sites (N-methyl/N-ethyl adjacent to an activating group) is 1. The summed E-state index contributed by atoms with van der Waals surface area (Å²) in [6.45, 7) is 6.32. The van der Waals surface area contributed by atoms with Gasteiger partial charge in [0.25, 0.3) is 0 Å². The summed E-state index contributed by atoms with van der Waals surface area (Å²) >= 11 is 0. The highest BCUT2D eigenvalue weighted by Crippen LogP contribution is 2.31. The van der Waals surface area contributed by atoms with Crippen LogP contribution >= 0.6 is 0 Å². The number of halogens is 3. The molecular weight excluding hydrogens is 317 g/mol. The maximum atomic E-state index is 13.0. The standard InChI is InChI=1S/C18H33F3N2O/c1-14(2)24-16-8-6-15(7-9-16)5-4-10-23-12-11-22(3)17(13-23)18(19,20)21/h14-17H,4-13H2,1-3H3/t15-,16-,17?. The van der Waals surface area contributed by atoms with Gasteiger partial charge in [0.2, 0.25) is 0 Å². The van der Waals surface area contributed by atoms with E-state index in [0.717, 1.165) is 44.7 Å². The highest BCUT2D eigenvalue weighted by molar-refractivity contribution is 4.85. The van der Waals surface area contributed by atoms with E-state index < -0.39 is 12.2 Å². The molecule has 2 aliphatic rings. The second-order valence-electron chi connectivity index (χ2n) is 7.81. The molecule has 2 rings (SSSR count). The van der Waals surface area contributed by atoms with Gasteiger partial charge in [0.05, 0.1) is 12.2 Å². The summed E-state index contributed by atoms with van der Waals surface area (Å²) < 4.78 is 44.9. The first-order valence-electron chi connectivity index (χ1n) is 9.40. The lowest BCUT2D eigenvalue weighted by Gasteiger charge is -2.40. The predicted octanol–water partition coefficient (Wildman–Crippen LogP) is 3.93. The van der Waals surface area contributed by atoms with Crippen LogP contribution in [0.1, 0.15) is 52.4 Å². The molecule has 0 N–H and O–H groups in total. The predicted molar refractivity (Wildman–Crippen MR) is 90.1 cm³/mol. The van der Waals surface area contributed by atoms with Gasteiger partial charge in [0.1, 0.15) is 6.04 Å². The Morgan fingerprint density at radius 1 is 1.08 bits per heavy atom.